The Morgan fingerprint density at radius 1 is 1.13 bits per heavy atom. The van der Waals surface area contributed by atoms with Crippen molar-refractivity contribution < 1.29 is 15.0 Å². The Morgan fingerprint density at radius 3 is 1.96 bits per heavy atom. The molecule has 1 heterocycles. The van der Waals surface area contributed by atoms with E-state index in [1.807, 2.05) is 12.1 Å². The molecule has 5 heteroatoms. The summed E-state index contributed by atoms with van der Waals surface area (Å²) in [6.07, 6.45) is 0. The van der Waals surface area contributed by atoms with Crippen LogP contribution >= 0.6 is 11.8 Å². The van der Waals surface area contributed by atoms with Gasteiger partial charge in [0.2, 0.25) is 0 Å². The maximum Gasteiger partial charge on any atom is 0.321 e. The highest BCUT2D eigenvalue weighted by Gasteiger charge is 2.33. The van der Waals surface area contributed by atoms with E-state index in [9.17, 15) is 15.0 Å². The van der Waals surface area contributed by atoms with Crippen LogP contribution in [0.5, 0.6) is 5.75 Å². The maximum absolute atomic E-state index is 11.2. The van der Waals surface area contributed by atoms with Gasteiger partial charge >= 0.3 is 5.97 Å². The minimum absolute atomic E-state index is 0.0566. The number of carboxylic acids is 1. The standard InChI is InChI=1S/C18H27NO3S/c1-17(2,3)11-7-10(8-12(14(11)20)18(4,5)6)15-19-13(9-23-15)16(21)22/h7-8,13,15,19-20H,9H2,1-6H3,(H,21,22)/t13-,15-/m0/s1. The van der Waals surface area contributed by atoms with Gasteiger partial charge < -0.3 is 10.2 Å². The van der Waals surface area contributed by atoms with Crippen LogP contribution in [0.2, 0.25) is 0 Å². The molecule has 0 aliphatic carbocycles. The number of phenolic OH excluding ortho intramolecular Hbond substituents is 1. The van der Waals surface area contributed by atoms with Crippen LogP contribution < -0.4 is 5.32 Å². The highest BCUT2D eigenvalue weighted by molar-refractivity contribution is 7.99. The van der Waals surface area contributed by atoms with Crippen LogP contribution in [0.4, 0.5) is 0 Å². The van der Waals surface area contributed by atoms with Crippen molar-refractivity contribution in [1.29, 1.82) is 0 Å². The zero-order valence-electron chi connectivity index (χ0n) is 14.7. The Morgan fingerprint density at radius 2 is 1.61 bits per heavy atom. The lowest BCUT2D eigenvalue weighted by molar-refractivity contribution is -0.138. The van der Waals surface area contributed by atoms with E-state index in [0.29, 0.717) is 11.5 Å². The maximum atomic E-state index is 11.2. The lowest BCUT2D eigenvalue weighted by Crippen LogP contribution is -2.33. The van der Waals surface area contributed by atoms with Crippen molar-refractivity contribution in [3.63, 3.8) is 0 Å². The van der Waals surface area contributed by atoms with E-state index >= 15 is 0 Å². The highest BCUT2D eigenvalue weighted by Crippen LogP contribution is 2.43. The van der Waals surface area contributed by atoms with E-state index in [4.69, 9.17) is 0 Å². The summed E-state index contributed by atoms with van der Waals surface area (Å²) in [5.74, 6) is 0.0914. The van der Waals surface area contributed by atoms with Gasteiger partial charge in [-0.25, -0.2) is 0 Å². The molecule has 1 fully saturated rings. The summed E-state index contributed by atoms with van der Waals surface area (Å²) in [7, 11) is 0. The first-order chi connectivity index (χ1) is 10.4. The molecular formula is C18H27NO3S. The minimum Gasteiger partial charge on any atom is -0.507 e. The molecule has 1 aromatic rings. The predicted octanol–water partition coefficient (Wildman–Crippen LogP) is 3.78. The van der Waals surface area contributed by atoms with Crippen LogP contribution in [0.3, 0.4) is 0 Å². The van der Waals surface area contributed by atoms with E-state index < -0.39 is 12.0 Å². The molecule has 1 aliphatic rings. The molecule has 23 heavy (non-hydrogen) atoms. The van der Waals surface area contributed by atoms with Gasteiger partial charge in [0, 0.05) is 5.75 Å². The predicted molar refractivity (Wildman–Crippen MR) is 95.3 cm³/mol. The molecular weight excluding hydrogens is 310 g/mol. The average Bonchev–Trinajstić information content (AvgIpc) is 2.85. The first kappa shape index (κ1) is 18.1. The minimum atomic E-state index is -0.814. The number of rotatable bonds is 2. The summed E-state index contributed by atoms with van der Waals surface area (Å²) in [5.41, 5.74) is 2.47. The Bertz CT molecular complexity index is 579. The largest absolute Gasteiger partial charge is 0.507 e. The second-order valence-electron chi connectivity index (χ2n) is 8.24. The first-order valence-electron chi connectivity index (χ1n) is 7.89. The van der Waals surface area contributed by atoms with Crippen molar-refractivity contribution in [1.82, 2.24) is 5.32 Å². The Balaban J connectivity index is 2.51. The van der Waals surface area contributed by atoms with E-state index in [1.54, 1.807) is 11.8 Å². The third-order valence-electron chi connectivity index (χ3n) is 4.13. The Labute approximate surface area is 142 Å². The Kier molecular flexibility index (Phi) is 4.75. The average molecular weight is 337 g/mol. The fraction of sp³-hybridized carbons (Fsp3) is 0.611. The SMILES string of the molecule is CC(C)(C)c1cc([C@H]2N[C@H](C(=O)O)CS2)cc(C(C)(C)C)c1O. The summed E-state index contributed by atoms with van der Waals surface area (Å²) in [4.78, 5) is 11.2. The van der Waals surface area contributed by atoms with Crippen LogP contribution in [-0.2, 0) is 15.6 Å². The van der Waals surface area contributed by atoms with Crippen molar-refractivity contribution in [2.45, 2.75) is 63.8 Å². The molecule has 0 bridgehead atoms. The molecule has 1 saturated heterocycles. The molecule has 1 aliphatic heterocycles. The molecule has 3 N–H and O–H groups in total. The monoisotopic (exact) mass is 337 g/mol. The fourth-order valence-corrected chi connectivity index (χ4v) is 3.97. The van der Waals surface area contributed by atoms with Gasteiger partial charge in [-0.15, -0.1) is 11.8 Å². The van der Waals surface area contributed by atoms with Gasteiger partial charge in [0.25, 0.3) is 0 Å². The second-order valence-corrected chi connectivity index (χ2v) is 9.37. The third-order valence-corrected chi connectivity index (χ3v) is 5.40. The molecule has 0 amide bonds. The summed E-state index contributed by atoms with van der Waals surface area (Å²) >= 11 is 1.60. The quantitative estimate of drug-likeness (QED) is 0.766. The summed E-state index contributed by atoms with van der Waals surface area (Å²) in [6, 6.07) is 3.51. The van der Waals surface area contributed by atoms with Crippen LogP contribution in [0.1, 0.15) is 63.6 Å². The van der Waals surface area contributed by atoms with Gasteiger partial charge in [-0.1, -0.05) is 41.5 Å². The van der Waals surface area contributed by atoms with Crippen molar-refractivity contribution >= 4 is 17.7 Å². The van der Waals surface area contributed by atoms with Gasteiger partial charge in [0.15, 0.2) is 0 Å². The van der Waals surface area contributed by atoms with Gasteiger partial charge in [-0.05, 0) is 39.7 Å². The zero-order chi connectivity index (χ0) is 17.6. The van der Waals surface area contributed by atoms with Crippen molar-refractivity contribution in [2.24, 2.45) is 0 Å². The molecule has 2 rings (SSSR count). The van der Waals surface area contributed by atoms with Gasteiger partial charge in [0.1, 0.15) is 11.8 Å². The first-order valence-corrected chi connectivity index (χ1v) is 8.94. The lowest BCUT2D eigenvalue weighted by atomic mass is 9.78. The summed E-state index contributed by atoms with van der Waals surface area (Å²) in [5, 5.41) is 23.0. The number of carbonyl (C=O) groups is 1. The molecule has 0 saturated carbocycles. The van der Waals surface area contributed by atoms with Gasteiger partial charge in [-0.2, -0.15) is 0 Å². The van der Waals surface area contributed by atoms with Crippen LogP contribution in [0, 0.1) is 0 Å². The number of hydrogen-bond acceptors (Lipinski definition) is 4. The molecule has 2 atom stereocenters. The van der Waals surface area contributed by atoms with E-state index in [0.717, 1.165) is 16.7 Å². The highest BCUT2D eigenvalue weighted by atomic mass is 32.2. The topological polar surface area (TPSA) is 69.6 Å². The molecule has 4 nitrogen and oxygen atoms in total. The number of aromatic hydroxyl groups is 1. The summed E-state index contributed by atoms with van der Waals surface area (Å²) < 4.78 is 0. The number of carboxylic acid groups (broad SMARTS) is 1. The van der Waals surface area contributed by atoms with Crippen molar-refractivity contribution in [3.05, 3.63) is 28.8 Å². The molecule has 128 valence electrons. The van der Waals surface area contributed by atoms with Crippen molar-refractivity contribution in [2.75, 3.05) is 5.75 Å². The normalized spacial score (nSPS) is 22.3. The number of benzene rings is 1. The number of nitrogens with one attached hydrogen (secondary N) is 1. The Hall–Kier alpha value is -1.20. The molecule has 0 radical (unpaired) electrons. The number of thioether (sulfide) groups is 1. The van der Waals surface area contributed by atoms with Crippen LogP contribution in [-0.4, -0.2) is 28.0 Å². The number of aliphatic carboxylic acids is 1. The number of phenols is 1. The molecule has 0 unspecified atom stereocenters. The second kappa shape index (κ2) is 6.02. The molecule has 0 aromatic heterocycles. The van der Waals surface area contributed by atoms with E-state index in [-0.39, 0.29) is 16.2 Å². The fourth-order valence-electron chi connectivity index (χ4n) is 2.76. The smallest absolute Gasteiger partial charge is 0.321 e. The van der Waals surface area contributed by atoms with E-state index in [2.05, 4.69) is 46.9 Å². The zero-order valence-corrected chi connectivity index (χ0v) is 15.5. The van der Waals surface area contributed by atoms with E-state index in [1.165, 1.54) is 0 Å². The number of hydrogen-bond donors (Lipinski definition) is 3. The van der Waals surface area contributed by atoms with Crippen molar-refractivity contribution in [3.8, 4) is 5.75 Å². The molecule has 1 aromatic carbocycles. The third kappa shape index (κ3) is 3.83. The van der Waals surface area contributed by atoms with Crippen LogP contribution in [0.15, 0.2) is 12.1 Å². The van der Waals surface area contributed by atoms with Gasteiger partial charge in [0.05, 0.1) is 5.37 Å². The molecule has 0 spiro atoms. The lowest BCUT2D eigenvalue weighted by Gasteiger charge is -2.29. The van der Waals surface area contributed by atoms with Gasteiger partial charge in [-0.3, -0.25) is 10.1 Å². The summed E-state index contributed by atoms with van der Waals surface area (Å²) in [6.45, 7) is 12.5. The van der Waals surface area contributed by atoms with Crippen LogP contribution in [0.25, 0.3) is 0 Å².